The van der Waals surface area contributed by atoms with E-state index in [0.717, 1.165) is 6.26 Å². The minimum Gasteiger partial charge on any atom is -0.445 e. The summed E-state index contributed by atoms with van der Waals surface area (Å²) < 4.78 is 31.7. The zero-order valence-corrected chi connectivity index (χ0v) is 11.4. The molecule has 0 unspecified atom stereocenters. The lowest BCUT2D eigenvalue weighted by Gasteiger charge is -2.02. The van der Waals surface area contributed by atoms with E-state index in [9.17, 15) is 18.4 Å². The SMILES string of the molecule is Cc1nn(-c2ccccc2)c2occ(C(=O)C(F)F)c(=O)c12. The fourth-order valence-corrected chi connectivity index (χ4v) is 2.21. The van der Waals surface area contributed by atoms with Crippen molar-refractivity contribution < 1.29 is 18.0 Å². The van der Waals surface area contributed by atoms with Crippen LogP contribution in [0, 0.1) is 6.92 Å². The molecule has 0 aliphatic rings. The molecule has 0 aliphatic carbocycles. The van der Waals surface area contributed by atoms with Crippen LogP contribution in [0.5, 0.6) is 0 Å². The van der Waals surface area contributed by atoms with Crippen molar-refractivity contribution >= 4 is 16.9 Å². The molecular formula is C15H10F2N2O3. The number of hydrogen-bond acceptors (Lipinski definition) is 4. The minimum absolute atomic E-state index is 0.0235. The Balaban J connectivity index is 2.28. The standard InChI is InChI=1S/C15H10F2N2O3/c1-8-11-12(20)10(13(21)14(16)17)7-22-15(11)19(18-8)9-5-3-2-4-6-9/h2-7,14H,1H3. The van der Waals surface area contributed by atoms with Crippen molar-refractivity contribution in [3.8, 4) is 5.69 Å². The van der Waals surface area contributed by atoms with Gasteiger partial charge in [0.25, 0.3) is 0 Å². The van der Waals surface area contributed by atoms with E-state index in [1.807, 2.05) is 6.07 Å². The number of para-hydroxylation sites is 1. The topological polar surface area (TPSA) is 65.1 Å². The van der Waals surface area contributed by atoms with E-state index in [1.165, 1.54) is 4.68 Å². The van der Waals surface area contributed by atoms with Crippen LogP contribution in [0.15, 0.2) is 45.8 Å². The van der Waals surface area contributed by atoms with E-state index in [-0.39, 0.29) is 11.1 Å². The highest BCUT2D eigenvalue weighted by Crippen LogP contribution is 2.20. The molecule has 112 valence electrons. The predicted octanol–water partition coefficient (Wildman–Crippen LogP) is 2.73. The molecule has 0 atom stereocenters. The first-order valence-corrected chi connectivity index (χ1v) is 6.39. The van der Waals surface area contributed by atoms with Gasteiger partial charge in [0.15, 0.2) is 0 Å². The predicted molar refractivity (Wildman–Crippen MR) is 74.7 cm³/mol. The number of rotatable bonds is 3. The van der Waals surface area contributed by atoms with Crippen LogP contribution in [-0.2, 0) is 0 Å². The van der Waals surface area contributed by atoms with Gasteiger partial charge in [0.05, 0.1) is 11.4 Å². The summed E-state index contributed by atoms with van der Waals surface area (Å²) in [5, 5.41) is 4.21. The second-order valence-electron chi connectivity index (χ2n) is 4.66. The number of nitrogens with zero attached hydrogens (tertiary/aromatic N) is 2. The molecule has 0 spiro atoms. The molecule has 3 aromatic rings. The Morgan fingerprint density at radius 2 is 1.95 bits per heavy atom. The van der Waals surface area contributed by atoms with Crippen LogP contribution in [0.4, 0.5) is 8.78 Å². The first-order chi connectivity index (χ1) is 10.5. The number of benzene rings is 1. The number of carbonyl (C=O) groups is 1. The summed E-state index contributed by atoms with van der Waals surface area (Å²) in [6, 6.07) is 8.89. The third-order valence-corrected chi connectivity index (χ3v) is 3.24. The highest BCUT2D eigenvalue weighted by molar-refractivity contribution is 6.00. The van der Waals surface area contributed by atoms with Crippen LogP contribution in [0.3, 0.4) is 0 Å². The number of alkyl halides is 2. The largest absolute Gasteiger partial charge is 0.445 e. The molecule has 3 rings (SSSR count). The van der Waals surface area contributed by atoms with E-state index in [2.05, 4.69) is 5.10 Å². The fraction of sp³-hybridized carbons (Fsp3) is 0.133. The van der Waals surface area contributed by atoms with Crippen molar-refractivity contribution in [2.75, 3.05) is 0 Å². The molecule has 7 heteroatoms. The molecular weight excluding hydrogens is 294 g/mol. The average molecular weight is 304 g/mol. The van der Waals surface area contributed by atoms with Gasteiger partial charge in [-0.3, -0.25) is 9.59 Å². The fourth-order valence-electron chi connectivity index (χ4n) is 2.21. The lowest BCUT2D eigenvalue weighted by molar-refractivity contribution is 0.0675. The molecule has 0 saturated carbocycles. The van der Waals surface area contributed by atoms with Gasteiger partial charge in [-0.25, -0.2) is 8.78 Å². The maximum Gasteiger partial charge on any atom is 0.300 e. The van der Waals surface area contributed by atoms with Gasteiger partial charge in [0.2, 0.25) is 16.9 Å². The number of aryl methyl sites for hydroxylation is 1. The molecule has 2 heterocycles. The summed E-state index contributed by atoms with van der Waals surface area (Å²) >= 11 is 0. The Morgan fingerprint density at radius 1 is 1.27 bits per heavy atom. The second-order valence-corrected chi connectivity index (χ2v) is 4.66. The Bertz CT molecular complexity index is 914. The number of Topliss-reactive ketones (excluding diaryl/α,β-unsaturated/α-hetero) is 1. The van der Waals surface area contributed by atoms with Crippen molar-refractivity contribution in [2.45, 2.75) is 13.3 Å². The Labute approximate surface area is 122 Å². The van der Waals surface area contributed by atoms with Crippen LogP contribution in [-0.4, -0.2) is 22.0 Å². The molecule has 0 radical (unpaired) electrons. The third kappa shape index (κ3) is 2.11. The summed E-state index contributed by atoms with van der Waals surface area (Å²) in [6.07, 6.45) is -2.50. The maximum absolute atomic E-state index is 12.5. The van der Waals surface area contributed by atoms with E-state index in [4.69, 9.17) is 4.42 Å². The molecule has 0 bridgehead atoms. The quantitative estimate of drug-likeness (QED) is 0.698. The highest BCUT2D eigenvalue weighted by Gasteiger charge is 2.25. The van der Waals surface area contributed by atoms with Crippen molar-refractivity contribution in [1.82, 2.24) is 9.78 Å². The third-order valence-electron chi connectivity index (χ3n) is 3.24. The number of aromatic nitrogens is 2. The lowest BCUT2D eigenvalue weighted by atomic mass is 10.1. The van der Waals surface area contributed by atoms with Gasteiger partial charge in [-0.1, -0.05) is 18.2 Å². The molecule has 5 nitrogen and oxygen atoms in total. The molecule has 0 fully saturated rings. The van der Waals surface area contributed by atoms with Gasteiger partial charge in [-0.05, 0) is 19.1 Å². The zero-order chi connectivity index (χ0) is 15.9. The van der Waals surface area contributed by atoms with Gasteiger partial charge >= 0.3 is 6.43 Å². The molecule has 0 N–H and O–H groups in total. The van der Waals surface area contributed by atoms with Crippen molar-refractivity contribution in [3.63, 3.8) is 0 Å². The van der Waals surface area contributed by atoms with Crippen molar-refractivity contribution in [3.05, 3.63) is 58.1 Å². The van der Waals surface area contributed by atoms with Crippen LogP contribution >= 0.6 is 0 Å². The maximum atomic E-state index is 12.5. The summed E-state index contributed by atoms with van der Waals surface area (Å²) in [7, 11) is 0. The van der Waals surface area contributed by atoms with Gasteiger partial charge < -0.3 is 4.42 Å². The Hall–Kier alpha value is -2.83. The van der Waals surface area contributed by atoms with E-state index in [0.29, 0.717) is 11.4 Å². The minimum atomic E-state index is -3.26. The summed E-state index contributed by atoms with van der Waals surface area (Å²) in [5.74, 6) is -1.55. The summed E-state index contributed by atoms with van der Waals surface area (Å²) in [4.78, 5) is 23.6. The van der Waals surface area contributed by atoms with Crippen LogP contribution in [0.1, 0.15) is 16.1 Å². The molecule has 22 heavy (non-hydrogen) atoms. The van der Waals surface area contributed by atoms with Gasteiger partial charge in [-0.15, -0.1) is 0 Å². The van der Waals surface area contributed by atoms with Crippen molar-refractivity contribution in [1.29, 1.82) is 0 Å². The Kier molecular flexibility index (Phi) is 3.32. The van der Waals surface area contributed by atoms with E-state index < -0.39 is 23.2 Å². The first-order valence-electron chi connectivity index (χ1n) is 6.39. The average Bonchev–Trinajstić information content (AvgIpc) is 2.85. The van der Waals surface area contributed by atoms with Gasteiger partial charge in [0, 0.05) is 0 Å². The first kappa shape index (κ1) is 14.1. The molecule has 0 saturated heterocycles. The van der Waals surface area contributed by atoms with Crippen LogP contribution < -0.4 is 5.43 Å². The normalized spacial score (nSPS) is 11.3. The summed E-state index contributed by atoms with van der Waals surface area (Å²) in [5.41, 5.74) is -0.405. The van der Waals surface area contributed by atoms with Crippen LogP contribution in [0.2, 0.25) is 0 Å². The second kappa shape index (κ2) is 5.18. The molecule has 2 aromatic heterocycles. The number of halogens is 2. The number of ketones is 1. The lowest BCUT2D eigenvalue weighted by Crippen LogP contribution is -2.20. The van der Waals surface area contributed by atoms with Gasteiger partial charge in [0.1, 0.15) is 17.2 Å². The molecule has 1 aromatic carbocycles. The smallest absolute Gasteiger partial charge is 0.300 e. The molecule has 0 amide bonds. The molecule has 0 aliphatic heterocycles. The Morgan fingerprint density at radius 3 is 2.59 bits per heavy atom. The summed E-state index contributed by atoms with van der Waals surface area (Å²) in [6.45, 7) is 1.55. The highest BCUT2D eigenvalue weighted by atomic mass is 19.3. The number of fused-ring (bicyclic) bond motifs is 1. The number of carbonyl (C=O) groups excluding carboxylic acids is 1. The van der Waals surface area contributed by atoms with Crippen LogP contribution in [0.25, 0.3) is 16.8 Å². The van der Waals surface area contributed by atoms with E-state index in [1.54, 1.807) is 31.2 Å². The number of hydrogen-bond donors (Lipinski definition) is 0. The monoisotopic (exact) mass is 304 g/mol. The van der Waals surface area contributed by atoms with E-state index >= 15 is 0 Å². The van der Waals surface area contributed by atoms with Gasteiger partial charge in [-0.2, -0.15) is 9.78 Å². The zero-order valence-electron chi connectivity index (χ0n) is 11.4. The van der Waals surface area contributed by atoms with Crippen molar-refractivity contribution in [2.24, 2.45) is 0 Å².